The molecular weight excluding hydrogens is 476 g/mol. The molecule has 0 radical (unpaired) electrons. The van der Waals surface area contributed by atoms with Crippen molar-refractivity contribution >= 4 is 0 Å². The maximum Gasteiger partial charge on any atom is 0.419 e. The lowest BCUT2D eigenvalue weighted by Crippen LogP contribution is -2.36. The van der Waals surface area contributed by atoms with E-state index in [9.17, 15) is 35.1 Å². The van der Waals surface area contributed by atoms with Crippen molar-refractivity contribution in [3.63, 3.8) is 0 Å². The van der Waals surface area contributed by atoms with Crippen LogP contribution in [0.3, 0.4) is 0 Å². The molecule has 2 aromatic carbocycles. The molecule has 194 valence electrons. The molecule has 0 aliphatic heterocycles. The van der Waals surface area contributed by atoms with Gasteiger partial charge in [-0.25, -0.2) is 8.78 Å². The lowest BCUT2D eigenvalue weighted by atomic mass is 9.59. The Hall–Kier alpha value is -2.12. The van der Waals surface area contributed by atoms with E-state index < -0.39 is 35.1 Å². The summed E-state index contributed by atoms with van der Waals surface area (Å²) in [5.74, 6) is -1.20. The maximum absolute atomic E-state index is 13.6. The van der Waals surface area contributed by atoms with Crippen molar-refractivity contribution in [1.29, 1.82) is 0 Å². The number of rotatable bonds is 9. The van der Waals surface area contributed by atoms with Crippen LogP contribution in [-0.2, 0) is 25.2 Å². The molecule has 35 heavy (non-hydrogen) atoms. The monoisotopic (exact) mass is 506 g/mol. The fraction of sp³-hybridized carbons (Fsp3) is 0.556. The van der Waals surface area contributed by atoms with Gasteiger partial charge in [-0.1, -0.05) is 32.8 Å². The highest BCUT2D eigenvalue weighted by molar-refractivity contribution is 5.28. The second-order valence-corrected chi connectivity index (χ2v) is 10.4. The van der Waals surface area contributed by atoms with Crippen molar-refractivity contribution in [3.05, 3.63) is 70.3 Å². The Morgan fingerprint density at radius 1 is 0.771 bits per heavy atom. The van der Waals surface area contributed by atoms with Gasteiger partial charge in [0.25, 0.3) is 0 Å². The molecule has 1 fully saturated rings. The summed E-state index contributed by atoms with van der Waals surface area (Å²) in [4.78, 5) is 0. The number of hydrogen-bond donors (Lipinski definition) is 0. The van der Waals surface area contributed by atoms with E-state index in [4.69, 9.17) is 0 Å². The second kappa shape index (κ2) is 10.5. The molecule has 0 aromatic heterocycles. The van der Waals surface area contributed by atoms with E-state index in [1.165, 1.54) is 6.07 Å². The molecule has 1 saturated carbocycles. The van der Waals surface area contributed by atoms with Crippen LogP contribution < -0.4 is 0 Å². The van der Waals surface area contributed by atoms with E-state index in [1.807, 2.05) is 0 Å². The van der Waals surface area contributed by atoms with Crippen molar-refractivity contribution in [2.75, 3.05) is 0 Å². The minimum atomic E-state index is -4.71. The van der Waals surface area contributed by atoms with Crippen LogP contribution in [0.5, 0.6) is 0 Å². The van der Waals surface area contributed by atoms with Gasteiger partial charge in [0.1, 0.15) is 11.6 Å². The Morgan fingerprint density at radius 2 is 1.46 bits per heavy atom. The Bertz CT molecular complexity index is 997. The average molecular weight is 507 g/mol. The van der Waals surface area contributed by atoms with Crippen LogP contribution in [0, 0.1) is 28.9 Å². The fourth-order valence-corrected chi connectivity index (χ4v) is 4.95. The van der Waals surface area contributed by atoms with Crippen LogP contribution in [0.15, 0.2) is 36.4 Å². The molecule has 0 saturated heterocycles. The van der Waals surface area contributed by atoms with Gasteiger partial charge in [-0.2, -0.15) is 26.3 Å². The smallest absolute Gasteiger partial charge is 0.207 e. The maximum atomic E-state index is 13.6. The van der Waals surface area contributed by atoms with Crippen LogP contribution in [-0.4, -0.2) is 0 Å². The second-order valence-electron chi connectivity index (χ2n) is 10.4. The first-order valence-electron chi connectivity index (χ1n) is 11.9. The number of unbranched alkanes of at least 4 members (excludes halogenated alkanes) is 1. The van der Waals surface area contributed by atoms with Gasteiger partial charge in [-0.05, 0) is 97.2 Å². The highest BCUT2D eigenvalue weighted by Crippen LogP contribution is 2.49. The SMILES string of the molecule is CC(C)(CCc1cc(F)cc(C(F)(F)F)c1)C1CC(CCCCc2ccc(F)c(C(F)(F)F)c2)C1. The van der Waals surface area contributed by atoms with Crippen molar-refractivity contribution in [2.45, 2.75) is 77.6 Å². The third-order valence-corrected chi connectivity index (χ3v) is 7.35. The third-order valence-electron chi connectivity index (χ3n) is 7.35. The Labute approximate surface area is 200 Å². The predicted molar refractivity (Wildman–Crippen MR) is 119 cm³/mol. The zero-order valence-electron chi connectivity index (χ0n) is 19.8. The van der Waals surface area contributed by atoms with Crippen LogP contribution >= 0.6 is 0 Å². The summed E-state index contributed by atoms with van der Waals surface area (Å²) in [6.07, 6.45) is -3.28. The summed E-state index contributed by atoms with van der Waals surface area (Å²) in [5, 5.41) is 0. The average Bonchev–Trinajstić information content (AvgIpc) is 2.70. The standard InChI is InChI=1S/C27H30F8/c1-25(2,10-9-19-13-21(26(30,31)32)16-22(28)14-19)20-11-18(12-20)6-4-3-5-17-7-8-24(29)23(15-17)27(33,34)35/h7-8,13-16,18,20H,3-6,9-12H2,1-2H3. The van der Waals surface area contributed by atoms with Crippen LogP contribution in [0.1, 0.15) is 74.6 Å². The van der Waals surface area contributed by atoms with Gasteiger partial charge in [0.15, 0.2) is 0 Å². The van der Waals surface area contributed by atoms with Crippen molar-refractivity contribution in [2.24, 2.45) is 17.3 Å². The van der Waals surface area contributed by atoms with Crippen LogP contribution in [0.25, 0.3) is 0 Å². The minimum absolute atomic E-state index is 0.0939. The highest BCUT2D eigenvalue weighted by atomic mass is 19.4. The molecule has 0 spiro atoms. The first-order chi connectivity index (χ1) is 16.1. The minimum Gasteiger partial charge on any atom is -0.207 e. The molecule has 0 N–H and O–H groups in total. The zero-order valence-corrected chi connectivity index (χ0v) is 19.8. The quantitative estimate of drug-likeness (QED) is 0.235. The number of benzene rings is 2. The number of aryl methyl sites for hydroxylation is 2. The molecule has 1 aliphatic rings. The van der Waals surface area contributed by atoms with Crippen molar-refractivity contribution in [1.82, 2.24) is 0 Å². The van der Waals surface area contributed by atoms with E-state index in [-0.39, 0.29) is 5.41 Å². The van der Waals surface area contributed by atoms with Gasteiger partial charge in [0, 0.05) is 0 Å². The molecule has 0 heterocycles. The number of hydrogen-bond acceptors (Lipinski definition) is 0. The number of alkyl halides is 6. The largest absolute Gasteiger partial charge is 0.419 e. The normalized spacial score (nSPS) is 19.0. The van der Waals surface area contributed by atoms with Gasteiger partial charge in [0.2, 0.25) is 0 Å². The summed E-state index contributed by atoms with van der Waals surface area (Å²) in [6.45, 7) is 4.18. The molecule has 0 bridgehead atoms. The summed E-state index contributed by atoms with van der Waals surface area (Å²) in [6, 6.07) is 5.83. The van der Waals surface area contributed by atoms with Crippen LogP contribution in [0.4, 0.5) is 35.1 Å². The Kier molecular flexibility index (Phi) is 8.22. The topological polar surface area (TPSA) is 0 Å². The first-order valence-corrected chi connectivity index (χ1v) is 11.9. The first kappa shape index (κ1) is 27.5. The molecule has 3 rings (SSSR count). The lowest BCUT2D eigenvalue weighted by molar-refractivity contribution is -0.140. The molecular formula is C27H30F8. The molecule has 0 nitrogen and oxygen atoms in total. The van der Waals surface area contributed by atoms with Gasteiger partial charge < -0.3 is 0 Å². The predicted octanol–water partition coefficient (Wildman–Crippen LogP) is 9.40. The number of halogens is 8. The van der Waals surface area contributed by atoms with Gasteiger partial charge >= 0.3 is 12.4 Å². The molecule has 0 amide bonds. The van der Waals surface area contributed by atoms with Gasteiger partial charge in [0.05, 0.1) is 11.1 Å². The van der Waals surface area contributed by atoms with E-state index >= 15 is 0 Å². The molecule has 2 aromatic rings. The van der Waals surface area contributed by atoms with E-state index in [0.717, 1.165) is 49.9 Å². The van der Waals surface area contributed by atoms with E-state index in [0.29, 0.717) is 54.7 Å². The summed E-state index contributed by atoms with van der Waals surface area (Å²) in [5.41, 5.74) is -1.48. The van der Waals surface area contributed by atoms with E-state index in [2.05, 4.69) is 13.8 Å². The van der Waals surface area contributed by atoms with Gasteiger partial charge in [-0.3, -0.25) is 0 Å². The lowest BCUT2D eigenvalue weighted by Gasteiger charge is -2.46. The van der Waals surface area contributed by atoms with Crippen molar-refractivity contribution in [3.8, 4) is 0 Å². The molecule has 8 heteroatoms. The third kappa shape index (κ3) is 7.43. The van der Waals surface area contributed by atoms with Crippen LogP contribution in [0.2, 0.25) is 0 Å². The fourth-order valence-electron chi connectivity index (χ4n) is 4.95. The van der Waals surface area contributed by atoms with Gasteiger partial charge in [-0.15, -0.1) is 0 Å². The Morgan fingerprint density at radius 3 is 2.09 bits per heavy atom. The summed E-state index contributed by atoms with van der Waals surface area (Å²) < 4.78 is 104. The Balaban J connectivity index is 1.41. The molecule has 0 atom stereocenters. The van der Waals surface area contributed by atoms with Crippen molar-refractivity contribution < 1.29 is 35.1 Å². The summed E-state index contributed by atoms with van der Waals surface area (Å²) in [7, 11) is 0. The molecule has 1 aliphatic carbocycles. The molecule has 0 unspecified atom stereocenters. The zero-order chi connectivity index (χ0) is 26.0. The summed E-state index contributed by atoms with van der Waals surface area (Å²) >= 11 is 0. The van der Waals surface area contributed by atoms with E-state index in [1.54, 1.807) is 0 Å². The highest BCUT2D eigenvalue weighted by Gasteiger charge is 2.39.